The first-order chi connectivity index (χ1) is 12.7. The van der Waals surface area contributed by atoms with Crippen molar-refractivity contribution in [3.05, 3.63) is 66.0 Å². The maximum atomic E-state index is 12.2. The van der Waals surface area contributed by atoms with Gasteiger partial charge in [0.1, 0.15) is 18.1 Å². The summed E-state index contributed by atoms with van der Waals surface area (Å²) >= 11 is 1.09. The number of carbonyl (C=O) groups excluding carboxylic acids is 1. The molecule has 0 spiro atoms. The van der Waals surface area contributed by atoms with Crippen LogP contribution in [0.5, 0.6) is 11.5 Å². The van der Waals surface area contributed by atoms with Crippen LogP contribution in [0.25, 0.3) is 0 Å². The van der Waals surface area contributed by atoms with E-state index in [0.717, 1.165) is 23.1 Å². The monoisotopic (exact) mass is 369 g/mol. The van der Waals surface area contributed by atoms with E-state index in [-0.39, 0.29) is 11.7 Å². The van der Waals surface area contributed by atoms with E-state index >= 15 is 0 Å². The smallest absolute Gasteiger partial charge is 0.201 e. The van der Waals surface area contributed by atoms with E-state index in [1.165, 1.54) is 0 Å². The highest BCUT2D eigenvalue weighted by atomic mass is 32.2. The molecule has 7 heteroatoms. The van der Waals surface area contributed by atoms with Gasteiger partial charge in [-0.05, 0) is 41.6 Å². The summed E-state index contributed by atoms with van der Waals surface area (Å²) in [5, 5.41) is 8.78. The van der Waals surface area contributed by atoms with Crippen LogP contribution in [0.4, 0.5) is 0 Å². The first-order valence-corrected chi connectivity index (χ1v) is 8.87. The maximum Gasteiger partial charge on any atom is 0.201 e. The molecule has 0 bridgehead atoms. The molecule has 0 aliphatic rings. The van der Waals surface area contributed by atoms with Crippen LogP contribution >= 0.6 is 11.8 Å². The number of thioether (sulfide) groups is 1. The van der Waals surface area contributed by atoms with Crippen molar-refractivity contribution >= 4 is 16.9 Å². The third-order valence-corrected chi connectivity index (χ3v) is 4.66. The molecule has 0 unspecified atom stereocenters. The fourth-order valence-electron chi connectivity index (χ4n) is 2.28. The Labute approximate surface area is 156 Å². The van der Waals surface area contributed by atoms with Crippen LogP contribution in [-0.2, 0) is 24.9 Å². The summed E-state index contributed by atoms with van der Waals surface area (Å²) in [4.78, 5) is 12.2. The Morgan fingerprint density at radius 3 is 2.42 bits per heavy atom. The van der Waals surface area contributed by atoms with Crippen molar-refractivity contribution in [3.63, 3.8) is 0 Å². The Balaban J connectivity index is 1.57. The second kappa shape index (κ2) is 8.53. The molecule has 0 aliphatic heterocycles. The topological polar surface area (TPSA) is 66.2 Å². The summed E-state index contributed by atoms with van der Waals surface area (Å²) < 4.78 is 12.6. The number of ether oxygens (including phenoxy) is 2. The molecule has 0 aliphatic carbocycles. The molecule has 0 N–H and O–H groups in total. The molecular formula is C19H19N3O3S. The molecule has 0 saturated heterocycles. The lowest BCUT2D eigenvalue weighted by Gasteiger charge is -2.07. The molecular weight excluding hydrogens is 350 g/mol. The molecule has 0 fully saturated rings. The fraction of sp³-hybridized carbons (Fsp3) is 0.211. The summed E-state index contributed by atoms with van der Waals surface area (Å²) in [5.74, 6) is 2.13. The van der Waals surface area contributed by atoms with Gasteiger partial charge in [-0.15, -0.1) is 10.2 Å². The highest BCUT2D eigenvalue weighted by molar-refractivity contribution is 8.13. The first-order valence-electron chi connectivity index (χ1n) is 8.05. The number of carbonyl (C=O) groups is 1. The number of aromatic nitrogens is 3. The first kappa shape index (κ1) is 18.0. The summed E-state index contributed by atoms with van der Waals surface area (Å²) in [6.07, 6.45) is 0.357. The van der Waals surface area contributed by atoms with Gasteiger partial charge in [0.25, 0.3) is 0 Å². The number of nitrogens with zero attached hydrogens (tertiary/aromatic N) is 3. The number of rotatable bonds is 7. The van der Waals surface area contributed by atoms with Crippen LogP contribution in [0.3, 0.4) is 0 Å². The molecule has 3 rings (SSSR count). The Morgan fingerprint density at radius 1 is 1.04 bits per heavy atom. The minimum atomic E-state index is 0.0225. The van der Waals surface area contributed by atoms with Crippen LogP contribution in [-0.4, -0.2) is 27.0 Å². The zero-order chi connectivity index (χ0) is 18.4. The Morgan fingerprint density at radius 2 is 1.73 bits per heavy atom. The number of methoxy groups -OCH3 is 1. The Hall–Kier alpha value is -2.80. The van der Waals surface area contributed by atoms with Gasteiger partial charge >= 0.3 is 0 Å². The molecule has 2 aromatic carbocycles. The van der Waals surface area contributed by atoms with Crippen molar-refractivity contribution in [2.24, 2.45) is 7.05 Å². The summed E-state index contributed by atoms with van der Waals surface area (Å²) in [7, 11) is 3.44. The lowest BCUT2D eigenvalue weighted by molar-refractivity contribution is -0.110. The van der Waals surface area contributed by atoms with E-state index in [0.29, 0.717) is 23.2 Å². The number of hydrogen-bond donors (Lipinski definition) is 0. The zero-order valence-electron chi connectivity index (χ0n) is 14.6. The van der Waals surface area contributed by atoms with E-state index in [1.807, 2.05) is 61.6 Å². The third-order valence-electron chi connectivity index (χ3n) is 3.75. The van der Waals surface area contributed by atoms with Crippen molar-refractivity contribution < 1.29 is 14.3 Å². The average Bonchev–Trinajstić information content (AvgIpc) is 3.01. The Kier molecular flexibility index (Phi) is 5.91. The third kappa shape index (κ3) is 4.64. The van der Waals surface area contributed by atoms with E-state index in [1.54, 1.807) is 11.7 Å². The number of hydrogen-bond acceptors (Lipinski definition) is 6. The summed E-state index contributed by atoms with van der Waals surface area (Å²) in [6, 6.07) is 17.0. The van der Waals surface area contributed by atoms with Gasteiger partial charge in [0.15, 0.2) is 11.0 Å². The van der Waals surface area contributed by atoms with Crippen LogP contribution in [0, 0.1) is 0 Å². The van der Waals surface area contributed by atoms with Crippen molar-refractivity contribution in [3.8, 4) is 11.5 Å². The van der Waals surface area contributed by atoms with Crippen molar-refractivity contribution in [1.82, 2.24) is 14.8 Å². The molecule has 3 aromatic rings. The van der Waals surface area contributed by atoms with Crippen LogP contribution in [0.1, 0.15) is 11.4 Å². The lowest BCUT2D eigenvalue weighted by atomic mass is 10.2. The van der Waals surface area contributed by atoms with Gasteiger partial charge in [-0.25, -0.2) is 0 Å². The second-order valence-electron chi connectivity index (χ2n) is 5.56. The van der Waals surface area contributed by atoms with Gasteiger partial charge in [-0.2, -0.15) is 0 Å². The quantitative estimate of drug-likeness (QED) is 0.596. The largest absolute Gasteiger partial charge is 0.497 e. The van der Waals surface area contributed by atoms with Gasteiger partial charge in [0, 0.05) is 13.5 Å². The highest BCUT2D eigenvalue weighted by Gasteiger charge is 2.14. The summed E-state index contributed by atoms with van der Waals surface area (Å²) in [5.41, 5.74) is 0.982. The highest BCUT2D eigenvalue weighted by Crippen LogP contribution is 2.21. The molecule has 0 amide bonds. The van der Waals surface area contributed by atoms with E-state index in [4.69, 9.17) is 9.47 Å². The van der Waals surface area contributed by atoms with Crippen molar-refractivity contribution in [2.45, 2.75) is 18.2 Å². The molecule has 134 valence electrons. The summed E-state index contributed by atoms with van der Waals surface area (Å²) in [6.45, 7) is 0.267. The molecule has 1 heterocycles. The van der Waals surface area contributed by atoms with Gasteiger partial charge in [0.05, 0.1) is 7.11 Å². The van der Waals surface area contributed by atoms with Gasteiger partial charge in [-0.3, -0.25) is 4.79 Å². The van der Waals surface area contributed by atoms with Gasteiger partial charge < -0.3 is 14.0 Å². The SMILES string of the molecule is COc1ccc(OCc2nnc(SC(=O)Cc3ccccc3)n2C)cc1. The minimum absolute atomic E-state index is 0.0225. The molecule has 1 aromatic heterocycles. The molecule has 0 saturated carbocycles. The normalized spacial score (nSPS) is 10.5. The Bertz CT molecular complexity index is 863. The lowest BCUT2D eigenvalue weighted by Crippen LogP contribution is -2.05. The van der Waals surface area contributed by atoms with Crippen LogP contribution in [0.15, 0.2) is 59.8 Å². The molecule has 0 atom stereocenters. The fourth-order valence-corrected chi connectivity index (χ4v) is 3.05. The zero-order valence-corrected chi connectivity index (χ0v) is 15.4. The van der Waals surface area contributed by atoms with Crippen LogP contribution < -0.4 is 9.47 Å². The van der Waals surface area contributed by atoms with E-state index < -0.39 is 0 Å². The standard InChI is InChI=1S/C19H19N3O3S/c1-22-17(13-25-16-10-8-15(24-2)9-11-16)20-21-19(22)26-18(23)12-14-6-4-3-5-7-14/h3-11H,12-13H2,1-2H3. The van der Waals surface area contributed by atoms with E-state index in [9.17, 15) is 4.79 Å². The second-order valence-corrected chi connectivity index (χ2v) is 6.58. The van der Waals surface area contributed by atoms with Crippen molar-refractivity contribution in [1.29, 1.82) is 0 Å². The minimum Gasteiger partial charge on any atom is -0.497 e. The predicted octanol–water partition coefficient (Wildman–Crippen LogP) is 3.26. The van der Waals surface area contributed by atoms with Crippen LogP contribution in [0.2, 0.25) is 0 Å². The molecule has 0 radical (unpaired) electrons. The average molecular weight is 369 g/mol. The van der Waals surface area contributed by atoms with Crippen molar-refractivity contribution in [2.75, 3.05) is 7.11 Å². The number of benzene rings is 2. The van der Waals surface area contributed by atoms with E-state index in [2.05, 4.69) is 10.2 Å². The molecule has 26 heavy (non-hydrogen) atoms. The van der Waals surface area contributed by atoms with Gasteiger partial charge in [-0.1, -0.05) is 30.3 Å². The maximum absolute atomic E-state index is 12.2. The predicted molar refractivity (Wildman–Crippen MR) is 99.3 cm³/mol. The molecule has 6 nitrogen and oxygen atoms in total. The van der Waals surface area contributed by atoms with Gasteiger partial charge in [0.2, 0.25) is 5.12 Å².